The van der Waals surface area contributed by atoms with Gasteiger partial charge in [-0.15, -0.1) is 11.3 Å². The lowest BCUT2D eigenvalue weighted by Gasteiger charge is -2.45. The number of benzene rings is 1. The number of hydrogen-bond donors (Lipinski definition) is 1. The molecule has 48 heavy (non-hydrogen) atoms. The van der Waals surface area contributed by atoms with E-state index in [1.165, 1.54) is 17.5 Å². The molecule has 258 valence electrons. The highest BCUT2D eigenvalue weighted by atomic mass is 32.2. The Morgan fingerprint density at radius 3 is 2.48 bits per heavy atom. The predicted molar refractivity (Wildman–Crippen MR) is 186 cm³/mol. The number of aryl methyl sites for hydroxylation is 1. The highest BCUT2D eigenvalue weighted by molar-refractivity contribution is 7.81. The van der Waals surface area contributed by atoms with E-state index >= 15 is 0 Å². The zero-order valence-electron chi connectivity index (χ0n) is 28.0. The number of alkyl halides is 3. The monoisotopic (exact) mass is 700 g/mol. The molecular formula is C34H43F3N8OS2. The minimum absolute atomic E-state index is 0.168. The van der Waals surface area contributed by atoms with Crippen molar-refractivity contribution in [3.05, 3.63) is 52.3 Å². The number of piperidine rings is 1. The summed E-state index contributed by atoms with van der Waals surface area (Å²) in [6.07, 6.45) is -0.278. The number of fused-ring (bicyclic) bond motifs is 2. The summed E-state index contributed by atoms with van der Waals surface area (Å²) >= 11 is 1.07. The van der Waals surface area contributed by atoms with E-state index in [2.05, 4.69) is 79.9 Å². The van der Waals surface area contributed by atoms with E-state index in [-0.39, 0.29) is 29.0 Å². The quantitative estimate of drug-likeness (QED) is 0.226. The number of nitrogens with one attached hydrogen (secondary N) is 1. The fraction of sp³-hybridized carbons (Fsp3) is 0.559. The van der Waals surface area contributed by atoms with Gasteiger partial charge in [-0.05, 0) is 69.9 Å². The van der Waals surface area contributed by atoms with Crippen LogP contribution in [0.25, 0.3) is 21.1 Å². The maximum Gasteiger partial charge on any atom is 0.393 e. The molecule has 0 saturated carbocycles. The third kappa shape index (κ3) is 7.40. The normalized spacial score (nSPS) is 21.9. The molecule has 0 amide bonds. The Balaban J connectivity index is 1.10. The molecule has 2 saturated heterocycles. The first-order valence-electron chi connectivity index (χ1n) is 16.5. The Morgan fingerprint density at radius 1 is 1.12 bits per heavy atom. The molecule has 1 N–H and O–H groups in total. The van der Waals surface area contributed by atoms with Crippen LogP contribution in [0, 0.1) is 18.3 Å². The SMILES string of the molecule is Cc1c(CN2CCC(Nc3ncnc4sc(CC(F)(F)F)cc34)CC2)ccc2c1cc(C#N)n2CC(C)N1CC(C)N(S(C)=O)[C@H](C)C1. The van der Waals surface area contributed by atoms with E-state index in [1.54, 1.807) is 12.3 Å². The summed E-state index contributed by atoms with van der Waals surface area (Å²) in [7, 11) is -1.00. The minimum atomic E-state index is -4.26. The number of nitrogens with zero attached hydrogens (tertiary/aromatic N) is 7. The van der Waals surface area contributed by atoms with E-state index in [4.69, 9.17) is 0 Å². The highest BCUT2D eigenvalue weighted by Crippen LogP contribution is 2.34. The van der Waals surface area contributed by atoms with Gasteiger partial charge in [0, 0.05) is 85.5 Å². The lowest BCUT2D eigenvalue weighted by Crippen LogP contribution is -2.59. The molecule has 0 spiro atoms. The van der Waals surface area contributed by atoms with Crippen molar-refractivity contribution in [2.24, 2.45) is 0 Å². The van der Waals surface area contributed by atoms with Crippen molar-refractivity contribution in [3.63, 3.8) is 0 Å². The Hall–Kier alpha value is -3.09. The van der Waals surface area contributed by atoms with Crippen LogP contribution in [0.5, 0.6) is 0 Å². The van der Waals surface area contributed by atoms with Crippen molar-refractivity contribution in [2.45, 2.75) is 90.4 Å². The van der Waals surface area contributed by atoms with Crippen molar-refractivity contribution in [1.29, 1.82) is 5.26 Å². The molecule has 3 aromatic heterocycles. The summed E-state index contributed by atoms with van der Waals surface area (Å²) in [6.45, 7) is 13.6. The van der Waals surface area contributed by atoms with E-state index in [9.17, 15) is 22.6 Å². The van der Waals surface area contributed by atoms with Gasteiger partial charge in [0.1, 0.15) is 28.7 Å². The Bertz CT molecular complexity index is 1830. The van der Waals surface area contributed by atoms with Crippen LogP contribution >= 0.6 is 11.3 Å². The predicted octanol–water partition coefficient (Wildman–Crippen LogP) is 6.08. The van der Waals surface area contributed by atoms with Crippen LogP contribution in [0.4, 0.5) is 19.0 Å². The maximum absolute atomic E-state index is 13.0. The van der Waals surface area contributed by atoms with Crippen LogP contribution in [0.15, 0.2) is 30.6 Å². The minimum Gasteiger partial charge on any atom is -0.367 e. The summed E-state index contributed by atoms with van der Waals surface area (Å²) in [5, 5.41) is 15.3. The Labute approximate surface area is 286 Å². The number of anilines is 1. The van der Waals surface area contributed by atoms with E-state index in [0.717, 1.165) is 67.8 Å². The van der Waals surface area contributed by atoms with Crippen LogP contribution in [-0.4, -0.2) is 95.6 Å². The van der Waals surface area contributed by atoms with Crippen LogP contribution in [-0.2, 0) is 30.5 Å². The summed E-state index contributed by atoms with van der Waals surface area (Å²) in [4.78, 5) is 14.2. The largest absolute Gasteiger partial charge is 0.393 e. The molecule has 3 unspecified atom stereocenters. The summed E-state index contributed by atoms with van der Waals surface area (Å²) in [5.74, 6) is 0.597. The van der Waals surface area contributed by atoms with E-state index < -0.39 is 23.6 Å². The molecule has 0 radical (unpaired) electrons. The molecule has 2 fully saturated rings. The van der Waals surface area contributed by atoms with Gasteiger partial charge < -0.3 is 9.88 Å². The highest BCUT2D eigenvalue weighted by Gasteiger charge is 2.34. The molecule has 2 aliphatic heterocycles. The first-order valence-corrected chi connectivity index (χ1v) is 18.8. The third-order valence-electron chi connectivity index (χ3n) is 9.89. The second-order valence-electron chi connectivity index (χ2n) is 13.5. The average molecular weight is 701 g/mol. The zero-order chi connectivity index (χ0) is 34.3. The van der Waals surface area contributed by atoms with Crippen LogP contribution in [0.2, 0.25) is 0 Å². The standard InChI is InChI=1S/C34H43F3N8OS2/c1-21(43-16-22(2)45(48(5)46)23(3)17-43)18-44-27(15-38)12-29-24(4)25(6-7-31(29)44)19-42-10-8-26(9-11-42)41-32-30-13-28(14-34(35,36)37)47-33(30)40-20-39-32/h6-7,12-13,20-23,26H,8-11,14,16-19H2,1-5H3,(H,39,40,41)/t21?,22-,23?,48?/m1/s1. The first-order chi connectivity index (χ1) is 22.8. The second kappa shape index (κ2) is 14.0. The van der Waals surface area contributed by atoms with Crippen LogP contribution in [0.3, 0.4) is 0 Å². The van der Waals surface area contributed by atoms with Gasteiger partial charge in [-0.3, -0.25) is 9.80 Å². The fourth-order valence-electron chi connectivity index (χ4n) is 7.55. The van der Waals surface area contributed by atoms with E-state index in [0.29, 0.717) is 28.3 Å². The van der Waals surface area contributed by atoms with Gasteiger partial charge in [-0.2, -0.15) is 18.4 Å². The average Bonchev–Trinajstić information content (AvgIpc) is 3.59. The Kier molecular flexibility index (Phi) is 10.2. The summed E-state index contributed by atoms with van der Waals surface area (Å²) in [5.41, 5.74) is 4.16. The van der Waals surface area contributed by atoms with Crippen molar-refractivity contribution < 1.29 is 17.4 Å². The molecule has 6 rings (SSSR count). The van der Waals surface area contributed by atoms with Crippen molar-refractivity contribution >= 4 is 49.3 Å². The number of piperazine rings is 1. The molecule has 1 aromatic carbocycles. The zero-order valence-corrected chi connectivity index (χ0v) is 29.7. The molecular weight excluding hydrogens is 658 g/mol. The number of likely N-dealkylation sites (tertiary alicyclic amines) is 1. The van der Waals surface area contributed by atoms with Gasteiger partial charge in [0.05, 0.1) is 22.8 Å². The molecule has 14 heteroatoms. The first kappa shape index (κ1) is 34.8. The van der Waals surface area contributed by atoms with Gasteiger partial charge >= 0.3 is 6.18 Å². The van der Waals surface area contributed by atoms with Gasteiger partial charge in [0.2, 0.25) is 0 Å². The molecule has 0 bridgehead atoms. The summed E-state index contributed by atoms with van der Waals surface area (Å²) < 4.78 is 55.4. The van der Waals surface area contributed by atoms with Crippen molar-refractivity contribution in [2.75, 3.05) is 37.8 Å². The van der Waals surface area contributed by atoms with Crippen LogP contribution in [0.1, 0.15) is 55.3 Å². The molecule has 9 nitrogen and oxygen atoms in total. The topological polar surface area (TPSA) is 93.3 Å². The molecule has 0 aliphatic carbocycles. The smallest absolute Gasteiger partial charge is 0.367 e. The number of rotatable bonds is 9. The number of aromatic nitrogens is 3. The second-order valence-corrected chi connectivity index (χ2v) is 15.8. The number of halogens is 3. The third-order valence-corrected chi connectivity index (χ3v) is 12.2. The van der Waals surface area contributed by atoms with Gasteiger partial charge in [0.15, 0.2) is 0 Å². The van der Waals surface area contributed by atoms with Crippen molar-refractivity contribution in [1.82, 2.24) is 28.6 Å². The number of nitriles is 1. The van der Waals surface area contributed by atoms with Gasteiger partial charge in [-0.25, -0.2) is 18.5 Å². The summed E-state index contributed by atoms with van der Waals surface area (Å²) in [6, 6.07) is 11.1. The Morgan fingerprint density at radius 2 is 1.83 bits per heavy atom. The van der Waals surface area contributed by atoms with Gasteiger partial charge in [0.25, 0.3) is 0 Å². The van der Waals surface area contributed by atoms with Crippen LogP contribution < -0.4 is 5.32 Å². The molecule has 5 heterocycles. The fourth-order valence-corrected chi connectivity index (χ4v) is 9.73. The number of thiophene rings is 1. The lowest BCUT2D eigenvalue weighted by atomic mass is 10.0. The van der Waals surface area contributed by atoms with Crippen molar-refractivity contribution in [3.8, 4) is 6.07 Å². The molecule has 2 aliphatic rings. The lowest BCUT2D eigenvalue weighted by molar-refractivity contribution is -0.126. The van der Waals surface area contributed by atoms with Gasteiger partial charge in [-0.1, -0.05) is 6.07 Å². The number of hydrogen-bond acceptors (Lipinski definition) is 8. The maximum atomic E-state index is 13.0. The van der Waals surface area contributed by atoms with E-state index in [1.807, 2.05) is 6.07 Å². The molecule has 4 aromatic rings. The molecule has 4 atom stereocenters.